The first-order valence-electron chi connectivity index (χ1n) is 7.88. The normalized spacial score (nSPS) is 16.4. The molecule has 1 aliphatic heterocycles. The van der Waals surface area contributed by atoms with Gasteiger partial charge in [0.25, 0.3) is 0 Å². The van der Waals surface area contributed by atoms with Gasteiger partial charge in [0.05, 0.1) is 5.02 Å². The average Bonchev–Trinajstić information content (AvgIpc) is 2.56. The van der Waals surface area contributed by atoms with Crippen LogP contribution in [0.4, 0.5) is 0 Å². The van der Waals surface area contributed by atoms with Gasteiger partial charge in [-0.1, -0.05) is 17.7 Å². The number of piperazine rings is 1. The summed E-state index contributed by atoms with van der Waals surface area (Å²) < 4.78 is 0. The molecule has 7 nitrogen and oxygen atoms in total. The van der Waals surface area contributed by atoms with Crippen LogP contribution in [-0.4, -0.2) is 57.3 Å². The second-order valence-electron chi connectivity index (χ2n) is 5.83. The number of benzene rings is 1. The molecule has 1 unspecified atom stereocenters. The molecule has 0 radical (unpaired) electrons. The highest BCUT2D eigenvalue weighted by atomic mass is 35.5. The number of aromatic hydroxyl groups is 1. The molecule has 2 rings (SSSR count). The fourth-order valence-corrected chi connectivity index (χ4v) is 3.48. The van der Waals surface area contributed by atoms with Gasteiger partial charge in [-0.25, -0.2) is 0 Å². The van der Waals surface area contributed by atoms with Gasteiger partial charge in [-0.2, -0.15) is 0 Å². The summed E-state index contributed by atoms with van der Waals surface area (Å²) in [6, 6.07) is 5.42. The van der Waals surface area contributed by atoms with Gasteiger partial charge in [-0.15, -0.1) is 0 Å². The van der Waals surface area contributed by atoms with Crippen molar-refractivity contribution in [3.05, 3.63) is 28.8 Å². The zero-order valence-corrected chi connectivity index (χ0v) is 15.7. The molecule has 1 atom stereocenters. The van der Waals surface area contributed by atoms with Crippen molar-refractivity contribution >= 4 is 39.6 Å². The Morgan fingerprint density at radius 1 is 1.32 bits per heavy atom. The SMILES string of the molecule is CC(=O)NC(=N)SC(=N)N1CCN(C(C)c2ccc(Cl)c(O)c2)CC1. The van der Waals surface area contributed by atoms with E-state index in [0.29, 0.717) is 18.1 Å². The van der Waals surface area contributed by atoms with Gasteiger partial charge in [0.1, 0.15) is 5.75 Å². The number of hydrogen-bond acceptors (Lipinski definition) is 6. The van der Waals surface area contributed by atoms with Crippen molar-refractivity contribution in [1.29, 1.82) is 10.8 Å². The van der Waals surface area contributed by atoms with Crippen LogP contribution in [0.2, 0.25) is 5.02 Å². The molecule has 0 saturated carbocycles. The Balaban J connectivity index is 1.88. The third kappa shape index (κ3) is 5.35. The lowest BCUT2D eigenvalue weighted by Crippen LogP contribution is -2.48. The summed E-state index contributed by atoms with van der Waals surface area (Å²) in [5, 5.41) is 28.4. The van der Waals surface area contributed by atoms with E-state index in [4.69, 9.17) is 22.4 Å². The Kier molecular flexibility index (Phi) is 6.69. The smallest absolute Gasteiger partial charge is 0.222 e. The van der Waals surface area contributed by atoms with Gasteiger partial charge in [0.15, 0.2) is 10.3 Å². The Hall–Kier alpha value is -1.77. The van der Waals surface area contributed by atoms with Gasteiger partial charge in [0.2, 0.25) is 5.91 Å². The third-order valence-corrected chi connectivity index (χ3v) is 5.17. The van der Waals surface area contributed by atoms with E-state index in [9.17, 15) is 9.90 Å². The van der Waals surface area contributed by atoms with E-state index in [1.54, 1.807) is 12.1 Å². The van der Waals surface area contributed by atoms with Crippen LogP contribution in [0.5, 0.6) is 5.75 Å². The maximum Gasteiger partial charge on any atom is 0.222 e. The van der Waals surface area contributed by atoms with Crippen molar-refractivity contribution in [2.75, 3.05) is 26.2 Å². The molecular formula is C16H22ClN5O2S. The molecule has 0 spiro atoms. The summed E-state index contributed by atoms with van der Waals surface area (Å²) in [6.45, 7) is 6.28. The van der Waals surface area contributed by atoms with Crippen LogP contribution in [0.1, 0.15) is 25.5 Å². The molecule has 9 heteroatoms. The van der Waals surface area contributed by atoms with Crippen molar-refractivity contribution in [3.63, 3.8) is 0 Å². The Morgan fingerprint density at radius 3 is 2.52 bits per heavy atom. The van der Waals surface area contributed by atoms with E-state index in [1.807, 2.05) is 11.0 Å². The highest BCUT2D eigenvalue weighted by Gasteiger charge is 2.24. The average molecular weight is 384 g/mol. The largest absolute Gasteiger partial charge is 0.506 e. The number of amides is 1. The van der Waals surface area contributed by atoms with Crippen LogP contribution in [0.15, 0.2) is 18.2 Å². The summed E-state index contributed by atoms with van der Waals surface area (Å²) in [7, 11) is 0. The van der Waals surface area contributed by atoms with Gasteiger partial charge >= 0.3 is 0 Å². The van der Waals surface area contributed by atoms with Crippen LogP contribution in [0, 0.1) is 10.8 Å². The van der Waals surface area contributed by atoms with E-state index in [-0.39, 0.29) is 28.0 Å². The predicted molar refractivity (Wildman–Crippen MR) is 102 cm³/mol. The molecule has 1 fully saturated rings. The number of amidine groups is 2. The number of halogens is 1. The monoisotopic (exact) mass is 383 g/mol. The number of carbonyl (C=O) groups is 1. The van der Waals surface area contributed by atoms with Crippen LogP contribution in [0.25, 0.3) is 0 Å². The number of thioether (sulfide) groups is 1. The fourth-order valence-electron chi connectivity index (χ4n) is 2.66. The summed E-state index contributed by atoms with van der Waals surface area (Å²) in [5.41, 5.74) is 0.993. The number of phenols is 1. The summed E-state index contributed by atoms with van der Waals surface area (Å²) in [4.78, 5) is 15.1. The molecule has 0 aromatic heterocycles. The summed E-state index contributed by atoms with van der Waals surface area (Å²) >= 11 is 6.80. The third-order valence-electron chi connectivity index (χ3n) is 4.09. The standard InChI is InChI=1S/C16H22ClN5O2S/c1-10(12-3-4-13(17)14(24)9-12)21-5-7-22(8-6-21)16(19)25-15(18)20-11(2)23/h3-4,9-10,19,24H,5-8H2,1-2H3,(H2,18,20,23). The van der Waals surface area contributed by atoms with Crippen molar-refractivity contribution < 1.29 is 9.90 Å². The lowest BCUT2D eigenvalue weighted by Gasteiger charge is -2.39. The second kappa shape index (κ2) is 8.55. The first-order valence-corrected chi connectivity index (χ1v) is 9.07. The number of rotatable bonds is 2. The summed E-state index contributed by atoms with van der Waals surface area (Å²) in [6.07, 6.45) is 0. The first-order chi connectivity index (χ1) is 11.8. The highest BCUT2D eigenvalue weighted by Crippen LogP contribution is 2.29. The molecule has 1 saturated heterocycles. The number of phenolic OH excluding ortho intramolecular Hbond substituents is 1. The number of nitrogens with one attached hydrogen (secondary N) is 3. The van der Waals surface area contributed by atoms with Crippen molar-refractivity contribution in [1.82, 2.24) is 15.1 Å². The number of hydrogen-bond donors (Lipinski definition) is 4. The van der Waals surface area contributed by atoms with Gasteiger partial charge in [-0.05, 0) is 36.4 Å². The summed E-state index contributed by atoms with van der Waals surface area (Å²) in [5.74, 6) is -0.227. The lowest BCUT2D eigenvalue weighted by molar-refractivity contribution is -0.117. The molecule has 0 aliphatic carbocycles. The van der Waals surface area contributed by atoms with Gasteiger partial charge < -0.3 is 15.3 Å². The number of nitrogens with zero attached hydrogens (tertiary/aromatic N) is 2. The van der Waals surface area contributed by atoms with Crippen molar-refractivity contribution in [2.45, 2.75) is 19.9 Å². The molecule has 136 valence electrons. The van der Waals surface area contributed by atoms with E-state index >= 15 is 0 Å². The van der Waals surface area contributed by atoms with E-state index in [2.05, 4.69) is 17.1 Å². The molecule has 1 aromatic rings. The molecule has 1 aromatic carbocycles. The minimum absolute atomic E-state index is 0.0371. The molecular weight excluding hydrogens is 362 g/mol. The van der Waals surface area contributed by atoms with Crippen LogP contribution in [0.3, 0.4) is 0 Å². The van der Waals surface area contributed by atoms with E-state index < -0.39 is 0 Å². The molecule has 1 amide bonds. The predicted octanol–water partition coefficient (Wildman–Crippen LogP) is 2.46. The molecule has 4 N–H and O–H groups in total. The maximum atomic E-state index is 10.9. The van der Waals surface area contributed by atoms with Gasteiger partial charge in [0, 0.05) is 39.1 Å². The van der Waals surface area contributed by atoms with E-state index in [0.717, 1.165) is 30.4 Å². The highest BCUT2D eigenvalue weighted by molar-refractivity contribution is 8.26. The topological polar surface area (TPSA) is 104 Å². The molecule has 1 heterocycles. The Morgan fingerprint density at radius 2 is 1.96 bits per heavy atom. The zero-order chi connectivity index (χ0) is 18.6. The van der Waals surface area contributed by atoms with Crippen LogP contribution >= 0.6 is 23.4 Å². The minimum atomic E-state index is -0.310. The quantitative estimate of drug-likeness (QED) is 0.464. The fraction of sp³-hybridized carbons (Fsp3) is 0.438. The minimum Gasteiger partial charge on any atom is -0.506 e. The Labute approximate surface area is 156 Å². The van der Waals surface area contributed by atoms with Gasteiger partial charge in [-0.3, -0.25) is 20.5 Å². The van der Waals surface area contributed by atoms with E-state index in [1.165, 1.54) is 6.92 Å². The second-order valence-corrected chi connectivity index (χ2v) is 7.23. The molecule has 25 heavy (non-hydrogen) atoms. The zero-order valence-electron chi connectivity index (χ0n) is 14.2. The maximum absolute atomic E-state index is 10.9. The molecule has 1 aliphatic rings. The lowest BCUT2D eigenvalue weighted by atomic mass is 10.1. The van der Waals surface area contributed by atoms with Crippen molar-refractivity contribution in [2.24, 2.45) is 0 Å². The van der Waals surface area contributed by atoms with Crippen molar-refractivity contribution in [3.8, 4) is 5.75 Å². The number of carbonyl (C=O) groups excluding carboxylic acids is 1. The Bertz CT molecular complexity index is 676. The molecule has 0 bridgehead atoms. The first kappa shape index (κ1) is 19.6. The van der Waals surface area contributed by atoms with Crippen LogP contribution in [-0.2, 0) is 4.79 Å². The van der Waals surface area contributed by atoms with Crippen LogP contribution < -0.4 is 5.32 Å².